The van der Waals surface area contributed by atoms with Crippen LogP contribution in [0.15, 0.2) is 35.1 Å². The summed E-state index contributed by atoms with van der Waals surface area (Å²) in [4.78, 5) is 13.1. The average molecular weight is 368 g/mol. The summed E-state index contributed by atoms with van der Waals surface area (Å²) < 4.78 is 8.20. The maximum Gasteiger partial charge on any atom is 0.245 e. The molecule has 1 aromatic carbocycles. The molecule has 21 heavy (non-hydrogen) atoms. The number of fused-ring (bicyclic) bond motifs is 1. The Labute approximate surface area is 135 Å². The number of rotatable bonds is 4. The molecule has 2 heterocycles. The van der Waals surface area contributed by atoms with Gasteiger partial charge < -0.3 is 4.74 Å². The quantitative estimate of drug-likeness (QED) is 0.664. The largest absolute Gasteiger partial charge is 0.479 e. The Balaban J connectivity index is 2.34. The smallest absolute Gasteiger partial charge is 0.245 e. The molecule has 0 saturated carbocycles. The highest BCUT2D eigenvalue weighted by molar-refractivity contribution is 9.10. The van der Waals surface area contributed by atoms with Crippen molar-refractivity contribution in [2.45, 2.75) is 6.42 Å². The van der Waals surface area contributed by atoms with Gasteiger partial charge in [-0.1, -0.05) is 12.1 Å². The van der Waals surface area contributed by atoms with Gasteiger partial charge in [0.2, 0.25) is 5.88 Å². The van der Waals surface area contributed by atoms with Crippen LogP contribution in [-0.4, -0.2) is 32.5 Å². The molecule has 3 aromatic rings. The lowest BCUT2D eigenvalue weighted by Crippen LogP contribution is -2.03. The van der Waals surface area contributed by atoms with E-state index in [9.17, 15) is 0 Å². The van der Waals surface area contributed by atoms with Crippen molar-refractivity contribution in [2.24, 2.45) is 0 Å². The Morgan fingerprint density at radius 1 is 1.29 bits per heavy atom. The molecule has 0 fully saturated rings. The van der Waals surface area contributed by atoms with Gasteiger partial charge in [0.05, 0.1) is 12.8 Å². The fourth-order valence-electron chi connectivity index (χ4n) is 2.20. The van der Waals surface area contributed by atoms with Crippen LogP contribution in [-0.2, 0) is 6.42 Å². The van der Waals surface area contributed by atoms with Crippen LogP contribution in [0.4, 0.5) is 0 Å². The first-order valence-corrected chi connectivity index (χ1v) is 7.66. The molecule has 0 aliphatic rings. The standard InChI is InChI=1S/C14H12BrClN4O/c1-21-14-12-13(17-8-18-14)20(11(19-12)6-7-16)10-5-3-2-4-9(10)15/h2-5,8H,6-7H2,1H3. The van der Waals surface area contributed by atoms with Crippen molar-refractivity contribution in [1.29, 1.82) is 0 Å². The molecule has 0 atom stereocenters. The number of ether oxygens (including phenoxy) is 1. The van der Waals surface area contributed by atoms with Gasteiger partial charge in [0.25, 0.3) is 0 Å². The molecule has 0 amide bonds. The van der Waals surface area contributed by atoms with Gasteiger partial charge in [0.15, 0.2) is 11.2 Å². The minimum atomic E-state index is 0.460. The zero-order valence-corrected chi connectivity index (χ0v) is 13.6. The van der Waals surface area contributed by atoms with E-state index in [2.05, 4.69) is 30.9 Å². The number of benzene rings is 1. The second-order valence-electron chi connectivity index (χ2n) is 4.31. The number of aryl methyl sites for hydroxylation is 1. The molecule has 7 heteroatoms. The van der Waals surface area contributed by atoms with Crippen LogP contribution in [0.1, 0.15) is 5.82 Å². The number of nitrogens with zero attached hydrogens (tertiary/aromatic N) is 4. The maximum absolute atomic E-state index is 5.90. The predicted octanol–water partition coefficient (Wildman–Crippen LogP) is 3.37. The van der Waals surface area contributed by atoms with Gasteiger partial charge in [0.1, 0.15) is 12.2 Å². The average Bonchev–Trinajstić information content (AvgIpc) is 2.86. The summed E-state index contributed by atoms with van der Waals surface area (Å²) in [5, 5.41) is 0. The van der Waals surface area contributed by atoms with Crippen LogP contribution in [0.2, 0.25) is 0 Å². The summed E-state index contributed by atoms with van der Waals surface area (Å²) in [5.74, 6) is 1.76. The molecular formula is C14H12BrClN4O. The molecule has 0 saturated heterocycles. The van der Waals surface area contributed by atoms with E-state index < -0.39 is 0 Å². The van der Waals surface area contributed by atoms with E-state index in [1.165, 1.54) is 6.33 Å². The van der Waals surface area contributed by atoms with Crippen LogP contribution in [0.3, 0.4) is 0 Å². The molecule has 0 radical (unpaired) electrons. The van der Waals surface area contributed by atoms with E-state index in [1.807, 2.05) is 28.8 Å². The summed E-state index contributed by atoms with van der Waals surface area (Å²) in [5.41, 5.74) is 2.30. The van der Waals surface area contributed by atoms with Crippen molar-refractivity contribution >= 4 is 38.7 Å². The number of hydrogen-bond acceptors (Lipinski definition) is 4. The van der Waals surface area contributed by atoms with Gasteiger partial charge in [-0.25, -0.2) is 9.97 Å². The molecule has 3 rings (SSSR count). The van der Waals surface area contributed by atoms with Gasteiger partial charge >= 0.3 is 0 Å². The molecule has 0 N–H and O–H groups in total. The Bertz CT molecular complexity index is 790. The highest BCUT2D eigenvalue weighted by Crippen LogP contribution is 2.29. The number of imidazole rings is 1. The fraction of sp³-hybridized carbons (Fsp3) is 0.214. The van der Waals surface area contributed by atoms with Crippen molar-refractivity contribution < 1.29 is 4.74 Å². The minimum absolute atomic E-state index is 0.460. The van der Waals surface area contributed by atoms with Crippen LogP contribution < -0.4 is 4.74 Å². The predicted molar refractivity (Wildman–Crippen MR) is 85.3 cm³/mol. The lowest BCUT2D eigenvalue weighted by atomic mass is 10.3. The number of methoxy groups -OCH3 is 1. The Hall–Kier alpha value is -1.66. The van der Waals surface area contributed by atoms with Crippen molar-refractivity contribution in [2.75, 3.05) is 13.0 Å². The van der Waals surface area contributed by atoms with Crippen molar-refractivity contribution in [3.63, 3.8) is 0 Å². The van der Waals surface area contributed by atoms with E-state index in [-0.39, 0.29) is 0 Å². The third-order valence-corrected chi connectivity index (χ3v) is 3.94. The van der Waals surface area contributed by atoms with E-state index in [1.54, 1.807) is 7.11 Å². The van der Waals surface area contributed by atoms with Crippen LogP contribution >= 0.6 is 27.5 Å². The number of aromatic nitrogens is 4. The summed E-state index contributed by atoms with van der Waals surface area (Å²) in [7, 11) is 1.57. The first-order chi connectivity index (χ1) is 10.3. The van der Waals surface area contributed by atoms with Gasteiger partial charge in [-0.05, 0) is 28.1 Å². The van der Waals surface area contributed by atoms with Gasteiger partial charge in [-0.2, -0.15) is 4.98 Å². The summed E-state index contributed by atoms with van der Waals surface area (Å²) in [6.07, 6.45) is 2.10. The topological polar surface area (TPSA) is 52.8 Å². The van der Waals surface area contributed by atoms with E-state index in [0.29, 0.717) is 29.3 Å². The summed E-state index contributed by atoms with van der Waals surface area (Å²) >= 11 is 9.47. The lowest BCUT2D eigenvalue weighted by molar-refractivity contribution is 0.401. The number of halogens is 2. The SMILES string of the molecule is COc1ncnc2c1nc(CCCl)n2-c1ccccc1Br. The number of alkyl halides is 1. The zero-order valence-electron chi connectivity index (χ0n) is 11.3. The molecule has 0 aliphatic carbocycles. The summed E-state index contributed by atoms with van der Waals surface area (Å²) in [6.45, 7) is 0. The second-order valence-corrected chi connectivity index (χ2v) is 5.54. The number of hydrogen-bond donors (Lipinski definition) is 0. The fourth-order valence-corrected chi connectivity index (χ4v) is 2.84. The van der Waals surface area contributed by atoms with Crippen molar-refractivity contribution in [3.05, 3.63) is 40.9 Å². The molecule has 0 spiro atoms. The second kappa shape index (κ2) is 5.99. The van der Waals surface area contributed by atoms with Crippen molar-refractivity contribution in [1.82, 2.24) is 19.5 Å². The zero-order chi connectivity index (χ0) is 14.8. The lowest BCUT2D eigenvalue weighted by Gasteiger charge is -2.09. The van der Waals surface area contributed by atoms with Gasteiger partial charge in [0, 0.05) is 16.8 Å². The molecule has 0 bridgehead atoms. The monoisotopic (exact) mass is 366 g/mol. The highest BCUT2D eigenvalue weighted by Gasteiger charge is 2.18. The Kier molecular flexibility index (Phi) is 4.07. The first kappa shape index (κ1) is 14.3. The summed E-state index contributed by atoms with van der Waals surface area (Å²) in [6, 6.07) is 7.90. The van der Waals surface area contributed by atoms with Crippen LogP contribution in [0, 0.1) is 0 Å². The third kappa shape index (κ3) is 2.49. The minimum Gasteiger partial charge on any atom is -0.479 e. The molecule has 0 aliphatic heterocycles. The molecule has 0 unspecified atom stereocenters. The molecule has 5 nitrogen and oxygen atoms in total. The van der Waals surface area contributed by atoms with Crippen LogP contribution in [0.25, 0.3) is 16.9 Å². The molecule has 108 valence electrons. The first-order valence-electron chi connectivity index (χ1n) is 6.33. The normalized spacial score (nSPS) is 11.0. The van der Waals surface area contributed by atoms with E-state index >= 15 is 0 Å². The van der Waals surface area contributed by atoms with E-state index in [4.69, 9.17) is 16.3 Å². The van der Waals surface area contributed by atoms with Gasteiger partial charge in [-0.3, -0.25) is 4.57 Å². The highest BCUT2D eigenvalue weighted by atomic mass is 79.9. The molecular weight excluding hydrogens is 356 g/mol. The van der Waals surface area contributed by atoms with Crippen LogP contribution in [0.5, 0.6) is 5.88 Å². The third-order valence-electron chi connectivity index (χ3n) is 3.08. The number of para-hydroxylation sites is 1. The van der Waals surface area contributed by atoms with Gasteiger partial charge in [-0.15, -0.1) is 11.6 Å². The van der Waals surface area contributed by atoms with E-state index in [0.717, 1.165) is 16.0 Å². The van der Waals surface area contributed by atoms with Crippen molar-refractivity contribution in [3.8, 4) is 11.6 Å². The molecule has 2 aromatic heterocycles. The Morgan fingerprint density at radius 3 is 2.81 bits per heavy atom. The Morgan fingerprint density at radius 2 is 2.10 bits per heavy atom. The maximum atomic E-state index is 5.90.